The lowest BCUT2D eigenvalue weighted by Crippen LogP contribution is -2.24. The van der Waals surface area contributed by atoms with Crippen molar-refractivity contribution in [3.8, 4) is 0 Å². The average molecular weight is 284 g/mol. The third-order valence-corrected chi connectivity index (χ3v) is 3.07. The fraction of sp³-hybridized carbons (Fsp3) is 0.455. The summed E-state index contributed by atoms with van der Waals surface area (Å²) in [4.78, 5) is 0.928. The van der Waals surface area contributed by atoms with E-state index in [9.17, 15) is 0 Å². The van der Waals surface area contributed by atoms with Crippen molar-refractivity contribution in [2.45, 2.75) is 34.4 Å². The second-order valence-corrected chi connectivity index (χ2v) is 7.19. The van der Waals surface area contributed by atoms with Crippen LogP contribution in [0.15, 0.2) is 29.2 Å². The first-order valence-corrected chi connectivity index (χ1v) is 6.16. The Morgan fingerprint density at radius 1 is 1.13 bits per heavy atom. The van der Waals surface area contributed by atoms with Crippen LogP contribution >= 0.6 is 47.4 Å². The number of hydrogen-bond acceptors (Lipinski definition) is 1. The number of hydrogen-bond donors (Lipinski definition) is 1. The maximum atomic E-state index is 5.83. The summed E-state index contributed by atoms with van der Waals surface area (Å²) < 4.78 is -1.24. The highest BCUT2D eigenvalue weighted by molar-refractivity contribution is 7.80. The van der Waals surface area contributed by atoms with E-state index in [0.29, 0.717) is 6.42 Å². The van der Waals surface area contributed by atoms with Gasteiger partial charge in [0.15, 0.2) is 3.79 Å². The molecule has 0 bridgehead atoms. The van der Waals surface area contributed by atoms with Crippen LogP contribution in [0, 0.1) is 0 Å². The van der Waals surface area contributed by atoms with E-state index in [1.54, 1.807) is 0 Å². The Hall–Kier alpha value is 0.440. The lowest BCUT2D eigenvalue weighted by atomic mass is 9.82. The van der Waals surface area contributed by atoms with E-state index in [0.717, 1.165) is 10.5 Å². The molecule has 0 unspecified atom stereocenters. The first-order valence-electron chi connectivity index (χ1n) is 4.58. The van der Waals surface area contributed by atoms with E-state index in [4.69, 9.17) is 34.8 Å². The summed E-state index contributed by atoms with van der Waals surface area (Å²) in [6.45, 7) is 4.09. The minimum atomic E-state index is -1.24. The molecule has 4 heteroatoms. The van der Waals surface area contributed by atoms with Gasteiger partial charge >= 0.3 is 0 Å². The number of rotatable bonds is 2. The highest BCUT2D eigenvalue weighted by atomic mass is 35.6. The molecular formula is C11H13Cl3S. The van der Waals surface area contributed by atoms with Crippen LogP contribution in [0.25, 0.3) is 0 Å². The SMILES string of the molecule is CC(C)(CC(Cl)(Cl)Cl)c1ccccc1S. The predicted octanol–water partition coefficient (Wildman–Crippen LogP) is 5.01. The van der Waals surface area contributed by atoms with Gasteiger partial charge in [-0.1, -0.05) is 66.8 Å². The van der Waals surface area contributed by atoms with Gasteiger partial charge in [-0.2, -0.15) is 0 Å². The second-order valence-electron chi connectivity index (χ2n) is 4.19. The zero-order chi connectivity index (χ0) is 11.7. The molecule has 0 radical (unpaired) electrons. The highest BCUT2D eigenvalue weighted by Crippen LogP contribution is 2.42. The summed E-state index contributed by atoms with van der Waals surface area (Å²) in [6, 6.07) is 7.86. The van der Waals surface area contributed by atoms with Gasteiger partial charge in [0.25, 0.3) is 0 Å². The van der Waals surface area contributed by atoms with Crippen molar-refractivity contribution in [3.05, 3.63) is 29.8 Å². The largest absolute Gasteiger partial charge is 0.191 e. The smallest absolute Gasteiger partial charge is 0.143 e. The Morgan fingerprint density at radius 2 is 1.67 bits per heavy atom. The minimum Gasteiger partial charge on any atom is -0.143 e. The molecule has 0 aliphatic rings. The molecule has 0 saturated heterocycles. The molecule has 0 amide bonds. The molecule has 0 aliphatic heterocycles. The number of benzene rings is 1. The zero-order valence-corrected chi connectivity index (χ0v) is 11.8. The van der Waals surface area contributed by atoms with Crippen LogP contribution in [0.1, 0.15) is 25.8 Å². The van der Waals surface area contributed by atoms with Gasteiger partial charge in [-0.3, -0.25) is 0 Å². The first-order chi connectivity index (χ1) is 6.72. The van der Waals surface area contributed by atoms with Gasteiger partial charge in [-0.05, 0) is 17.0 Å². The number of alkyl halides is 3. The van der Waals surface area contributed by atoms with E-state index < -0.39 is 3.79 Å². The molecule has 0 N–H and O–H groups in total. The summed E-state index contributed by atoms with van der Waals surface area (Å²) in [5, 5.41) is 0. The van der Waals surface area contributed by atoms with Crippen LogP contribution in [0.5, 0.6) is 0 Å². The van der Waals surface area contributed by atoms with Crippen molar-refractivity contribution in [2.75, 3.05) is 0 Å². The molecule has 84 valence electrons. The zero-order valence-electron chi connectivity index (χ0n) is 8.60. The maximum absolute atomic E-state index is 5.83. The van der Waals surface area contributed by atoms with Crippen LogP contribution < -0.4 is 0 Å². The van der Waals surface area contributed by atoms with E-state index in [2.05, 4.69) is 12.6 Å². The van der Waals surface area contributed by atoms with Gasteiger partial charge in [0.2, 0.25) is 0 Å². The Labute approximate surface area is 111 Å². The van der Waals surface area contributed by atoms with E-state index in [1.807, 2.05) is 38.1 Å². The van der Waals surface area contributed by atoms with Gasteiger partial charge in [0.05, 0.1) is 0 Å². The lowest BCUT2D eigenvalue weighted by Gasteiger charge is -2.30. The van der Waals surface area contributed by atoms with Gasteiger partial charge in [-0.15, -0.1) is 12.6 Å². The van der Waals surface area contributed by atoms with Gasteiger partial charge in [0, 0.05) is 11.3 Å². The summed E-state index contributed by atoms with van der Waals surface area (Å²) in [5.74, 6) is 0. The molecule has 1 aromatic carbocycles. The molecule has 0 aromatic heterocycles. The second kappa shape index (κ2) is 4.75. The Kier molecular flexibility index (Phi) is 4.27. The molecule has 15 heavy (non-hydrogen) atoms. The summed E-state index contributed by atoms with van der Waals surface area (Å²) in [5.41, 5.74) is 0.892. The standard InChI is InChI=1S/C11H13Cl3S/c1-10(2,7-11(12,13)14)8-5-3-4-6-9(8)15/h3-6,15H,7H2,1-2H3. The summed E-state index contributed by atoms with van der Waals surface area (Å²) in [7, 11) is 0. The van der Waals surface area contributed by atoms with Gasteiger partial charge in [0.1, 0.15) is 0 Å². The lowest BCUT2D eigenvalue weighted by molar-refractivity contribution is 0.478. The monoisotopic (exact) mass is 282 g/mol. The Bertz CT molecular complexity index is 342. The number of thiol groups is 1. The van der Waals surface area contributed by atoms with Crippen LogP contribution in [-0.2, 0) is 5.41 Å². The van der Waals surface area contributed by atoms with Crippen molar-refractivity contribution in [1.29, 1.82) is 0 Å². The van der Waals surface area contributed by atoms with E-state index in [1.165, 1.54) is 0 Å². The molecule has 0 atom stereocenters. The maximum Gasteiger partial charge on any atom is 0.191 e. The van der Waals surface area contributed by atoms with Crippen molar-refractivity contribution >= 4 is 47.4 Å². The van der Waals surface area contributed by atoms with Crippen LogP contribution in [-0.4, -0.2) is 3.79 Å². The molecular weight excluding hydrogens is 271 g/mol. The average Bonchev–Trinajstić information content (AvgIpc) is 1.99. The Morgan fingerprint density at radius 3 is 2.13 bits per heavy atom. The van der Waals surface area contributed by atoms with E-state index in [-0.39, 0.29) is 5.41 Å². The fourth-order valence-corrected chi connectivity index (χ4v) is 3.11. The molecule has 0 fully saturated rings. The molecule has 1 aromatic rings. The molecule has 0 spiro atoms. The fourth-order valence-electron chi connectivity index (χ4n) is 1.64. The van der Waals surface area contributed by atoms with Crippen molar-refractivity contribution in [3.63, 3.8) is 0 Å². The molecule has 0 saturated carbocycles. The third-order valence-electron chi connectivity index (χ3n) is 2.28. The third kappa shape index (κ3) is 4.07. The van der Waals surface area contributed by atoms with Crippen LogP contribution in [0.4, 0.5) is 0 Å². The quantitative estimate of drug-likeness (QED) is 0.572. The first kappa shape index (κ1) is 13.5. The summed E-state index contributed by atoms with van der Waals surface area (Å²) in [6.07, 6.45) is 0.461. The molecule has 0 heterocycles. The number of halogens is 3. The van der Waals surface area contributed by atoms with E-state index >= 15 is 0 Å². The molecule has 0 nitrogen and oxygen atoms in total. The van der Waals surface area contributed by atoms with Gasteiger partial charge < -0.3 is 0 Å². The summed E-state index contributed by atoms with van der Waals surface area (Å²) >= 11 is 21.9. The van der Waals surface area contributed by atoms with Crippen LogP contribution in [0.2, 0.25) is 0 Å². The normalized spacial score (nSPS) is 12.9. The predicted molar refractivity (Wildman–Crippen MR) is 71.6 cm³/mol. The highest BCUT2D eigenvalue weighted by Gasteiger charge is 2.33. The van der Waals surface area contributed by atoms with Crippen LogP contribution in [0.3, 0.4) is 0 Å². The van der Waals surface area contributed by atoms with Crippen molar-refractivity contribution in [2.24, 2.45) is 0 Å². The topological polar surface area (TPSA) is 0 Å². The Balaban J connectivity index is 3.01. The van der Waals surface area contributed by atoms with Crippen molar-refractivity contribution < 1.29 is 0 Å². The minimum absolute atomic E-state index is 0.205. The molecule has 1 rings (SSSR count). The van der Waals surface area contributed by atoms with Gasteiger partial charge in [-0.25, -0.2) is 0 Å². The molecule has 0 aliphatic carbocycles. The van der Waals surface area contributed by atoms with Crippen molar-refractivity contribution in [1.82, 2.24) is 0 Å².